The number of likely N-dealkylation sites (tertiary alicyclic amines) is 1. The van der Waals surface area contributed by atoms with E-state index in [-0.39, 0.29) is 5.91 Å². The number of nitrogens with zero attached hydrogens (tertiary/aromatic N) is 3. The topological polar surface area (TPSA) is 58.1 Å². The van der Waals surface area contributed by atoms with Gasteiger partial charge in [-0.3, -0.25) is 9.78 Å². The highest BCUT2D eigenvalue weighted by molar-refractivity contribution is 6.07. The summed E-state index contributed by atoms with van der Waals surface area (Å²) in [7, 11) is 0. The summed E-state index contributed by atoms with van der Waals surface area (Å²) in [6.45, 7) is 3.84. The fraction of sp³-hybridized carbons (Fsp3) is 0.286. The predicted molar refractivity (Wildman–Crippen MR) is 103 cm³/mol. The summed E-state index contributed by atoms with van der Waals surface area (Å²) in [5.74, 6) is -0.0556. The van der Waals surface area contributed by atoms with Crippen molar-refractivity contribution in [3.8, 4) is 11.4 Å². The molecule has 1 aliphatic heterocycles. The molecular weight excluding hydrogens is 324 g/mol. The lowest BCUT2D eigenvalue weighted by Crippen LogP contribution is -2.33. The van der Waals surface area contributed by atoms with Gasteiger partial charge in [-0.05, 0) is 50.2 Å². The number of carbonyl (C=O) groups excluding carboxylic acids is 1. The van der Waals surface area contributed by atoms with E-state index in [1.807, 2.05) is 48.5 Å². The molecule has 1 saturated heterocycles. The first-order chi connectivity index (χ1) is 12.8. The molecule has 0 atom stereocenters. The van der Waals surface area contributed by atoms with Crippen molar-refractivity contribution in [2.24, 2.45) is 0 Å². The Bertz CT molecular complexity index is 904. The molecule has 0 saturated carbocycles. The Balaban J connectivity index is 1.61. The maximum absolute atomic E-state index is 12.8. The molecule has 0 unspecified atom stereocenters. The minimum atomic E-state index is -0.0556. The summed E-state index contributed by atoms with van der Waals surface area (Å²) in [5.41, 5.74) is 2.94. The molecule has 1 aromatic carbocycles. The van der Waals surface area contributed by atoms with Crippen LogP contribution in [0, 0.1) is 0 Å². The van der Waals surface area contributed by atoms with Gasteiger partial charge in [-0.2, -0.15) is 0 Å². The van der Waals surface area contributed by atoms with Gasteiger partial charge < -0.3 is 10.2 Å². The van der Waals surface area contributed by atoms with Gasteiger partial charge in [-0.15, -0.1) is 0 Å². The van der Waals surface area contributed by atoms with E-state index in [9.17, 15) is 4.79 Å². The van der Waals surface area contributed by atoms with Crippen LogP contribution in [0.4, 0.5) is 0 Å². The number of fused-ring (bicyclic) bond motifs is 1. The summed E-state index contributed by atoms with van der Waals surface area (Å²) in [4.78, 5) is 24.3. The quantitative estimate of drug-likeness (QED) is 0.771. The number of benzene rings is 1. The average Bonchev–Trinajstić information content (AvgIpc) is 3.21. The van der Waals surface area contributed by atoms with Crippen molar-refractivity contribution in [1.29, 1.82) is 0 Å². The van der Waals surface area contributed by atoms with Crippen molar-refractivity contribution in [3.05, 3.63) is 60.3 Å². The second kappa shape index (κ2) is 7.62. The molecule has 4 rings (SSSR count). The second-order valence-corrected chi connectivity index (χ2v) is 6.59. The molecule has 3 heterocycles. The number of hydrogen-bond donors (Lipinski definition) is 1. The Kier molecular flexibility index (Phi) is 4.88. The molecule has 0 bridgehead atoms. The Morgan fingerprint density at radius 2 is 1.85 bits per heavy atom. The van der Waals surface area contributed by atoms with E-state index in [0.717, 1.165) is 36.2 Å². The van der Waals surface area contributed by atoms with Crippen LogP contribution in [0.5, 0.6) is 0 Å². The van der Waals surface area contributed by atoms with Crippen LogP contribution in [0.25, 0.3) is 22.3 Å². The van der Waals surface area contributed by atoms with Gasteiger partial charge in [0.05, 0.1) is 22.5 Å². The minimum Gasteiger partial charge on any atom is -0.351 e. The summed E-state index contributed by atoms with van der Waals surface area (Å²) >= 11 is 0. The van der Waals surface area contributed by atoms with Gasteiger partial charge in [0.15, 0.2) is 0 Å². The third kappa shape index (κ3) is 3.58. The SMILES string of the molecule is O=C(NCCN1CCCC1)c1cc(-c2ccccn2)nc2ccccc12. The van der Waals surface area contributed by atoms with E-state index in [1.54, 1.807) is 6.20 Å². The van der Waals surface area contributed by atoms with Crippen LogP contribution in [-0.4, -0.2) is 47.0 Å². The van der Waals surface area contributed by atoms with E-state index < -0.39 is 0 Å². The normalized spacial score (nSPS) is 14.6. The average molecular weight is 346 g/mol. The fourth-order valence-electron chi connectivity index (χ4n) is 3.44. The van der Waals surface area contributed by atoms with Crippen molar-refractivity contribution in [2.75, 3.05) is 26.2 Å². The van der Waals surface area contributed by atoms with Crippen LogP contribution < -0.4 is 5.32 Å². The molecule has 2 aromatic heterocycles. The number of hydrogen-bond acceptors (Lipinski definition) is 4. The van der Waals surface area contributed by atoms with Gasteiger partial charge in [0.25, 0.3) is 5.91 Å². The molecule has 1 amide bonds. The Morgan fingerprint density at radius 1 is 1.04 bits per heavy atom. The lowest BCUT2D eigenvalue weighted by atomic mass is 10.1. The standard InChI is InChI=1S/C21H22N4O/c26-21(23-11-14-25-12-5-6-13-25)17-15-20(19-9-3-4-10-22-19)24-18-8-2-1-7-16(17)18/h1-4,7-10,15H,5-6,11-14H2,(H,23,26). The van der Waals surface area contributed by atoms with Crippen LogP contribution in [0.1, 0.15) is 23.2 Å². The first kappa shape index (κ1) is 16.7. The van der Waals surface area contributed by atoms with Crippen LogP contribution in [0.2, 0.25) is 0 Å². The van der Waals surface area contributed by atoms with E-state index in [0.29, 0.717) is 17.8 Å². The van der Waals surface area contributed by atoms with Gasteiger partial charge in [0.2, 0.25) is 0 Å². The predicted octanol–water partition coefficient (Wildman–Crippen LogP) is 3.12. The molecule has 3 aromatic rings. The molecule has 5 nitrogen and oxygen atoms in total. The van der Waals surface area contributed by atoms with Crippen LogP contribution in [-0.2, 0) is 0 Å². The Labute approximate surface area is 153 Å². The number of rotatable bonds is 5. The monoisotopic (exact) mass is 346 g/mol. The molecule has 132 valence electrons. The maximum Gasteiger partial charge on any atom is 0.252 e. The number of carbonyl (C=O) groups is 1. The molecule has 26 heavy (non-hydrogen) atoms. The molecular formula is C21H22N4O. The van der Waals surface area contributed by atoms with Gasteiger partial charge in [-0.1, -0.05) is 24.3 Å². The van der Waals surface area contributed by atoms with Crippen molar-refractivity contribution >= 4 is 16.8 Å². The van der Waals surface area contributed by atoms with Gasteiger partial charge >= 0.3 is 0 Å². The number of para-hydroxylation sites is 1. The number of amides is 1. The number of aromatic nitrogens is 2. The highest BCUT2D eigenvalue weighted by atomic mass is 16.1. The van der Waals surface area contributed by atoms with Gasteiger partial charge in [0, 0.05) is 24.7 Å². The first-order valence-corrected chi connectivity index (χ1v) is 9.13. The maximum atomic E-state index is 12.8. The van der Waals surface area contributed by atoms with Crippen molar-refractivity contribution in [3.63, 3.8) is 0 Å². The zero-order chi connectivity index (χ0) is 17.8. The third-order valence-corrected chi connectivity index (χ3v) is 4.80. The van der Waals surface area contributed by atoms with Crippen molar-refractivity contribution in [1.82, 2.24) is 20.2 Å². The molecule has 1 fully saturated rings. The molecule has 0 radical (unpaired) electrons. The minimum absolute atomic E-state index is 0.0556. The Morgan fingerprint density at radius 3 is 2.65 bits per heavy atom. The van der Waals surface area contributed by atoms with Crippen LogP contribution in [0.15, 0.2) is 54.7 Å². The van der Waals surface area contributed by atoms with Crippen LogP contribution in [0.3, 0.4) is 0 Å². The molecule has 0 spiro atoms. The first-order valence-electron chi connectivity index (χ1n) is 9.13. The number of pyridine rings is 2. The van der Waals surface area contributed by atoms with Crippen molar-refractivity contribution < 1.29 is 4.79 Å². The Hall–Kier alpha value is -2.79. The number of nitrogens with one attached hydrogen (secondary N) is 1. The lowest BCUT2D eigenvalue weighted by molar-refractivity contribution is 0.0951. The van der Waals surface area contributed by atoms with E-state index in [1.165, 1.54) is 12.8 Å². The highest BCUT2D eigenvalue weighted by Crippen LogP contribution is 2.23. The summed E-state index contributed by atoms with van der Waals surface area (Å²) in [6.07, 6.45) is 4.26. The van der Waals surface area contributed by atoms with E-state index >= 15 is 0 Å². The van der Waals surface area contributed by atoms with Gasteiger partial charge in [0.1, 0.15) is 0 Å². The molecule has 0 aliphatic carbocycles. The second-order valence-electron chi connectivity index (χ2n) is 6.59. The smallest absolute Gasteiger partial charge is 0.252 e. The lowest BCUT2D eigenvalue weighted by Gasteiger charge is -2.15. The largest absolute Gasteiger partial charge is 0.351 e. The molecule has 5 heteroatoms. The van der Waals surface area contributed by atoms with E-state index in [4.69, 9.17) is 0 Å². The van der Waals surface area contributed by atoms with Crippen molar-refractivity contribution in [2.45, 2.75) is 12.8 Å². The zero-order valence-corrected chi connectivity index (χ0v) is 14.7. The summed E-state index contributed by atoms with van der Waals surface area (Å²) in [5, 5.41) is 3.93. The van der Waals surface area contributed by atoms with Gasteiger partial charge in [-0.25, -0.2) is 4.98 Å². The molecule has 1 N–H and O–H groups in total. The summed E-state index contributed by atoms with van der Waals surface area (Å²) in [6, 6.07) is 15.3. The fourth-order valence-corrected chi connectivity index (χ4v) is 3.44. The highest BCUT2D eigenvalue weighted by Gasteiger charge is 2.15. The third-order valence-electron chi connectivity index (χ3n) is 4.80. The van der Waals surface area contributed by atoms with Crippen LogP contribution >= 0.6 is 0 Å². The zero-order valence-electron chi connectivity index (χ0n) is 14.7. The summed E-state index contributed by atoms with van der Waals surface area (Å²) < 4.78 is 0. The van der Waals surface area contributed by atoms with E-state index in [2.05, 4.69) is 20.2 Å². The molecule has 1 aliphatic rings.